The second kappa shape index (κ2) is 12.0. The van der Waals surface area contributed by atoms with Crippen LogP contribution < -0.4 is 10.1 Å². The molecule has 2 aromatic carbocycles. The van der Waals surface area contributed by atoms with Crippen LogP contribution >= 0.6 is 11.8 Å². The minimum atomic E-state index is -0.525. The highest BCUT2D eigenvalue weighted by Crippen LogP contribution is 2.20. The topological polar surface area (TPSA) is 58.6 Å². The summed E-state index contributed by atoms with van der Waals surface area (Å²) in [6.45, 7) is 10.2. The number of rotatable bonds is 10. The van der Waals surface area contributed by atoms with Gasteiger partial charge in [0.05, 0.1) is 12.9 Å². The summed E-state index contributed by atoms with van der Waals surface area (Å²) >= 11 is 1.58. The molecule has 2 rings (SSSR count). The number of aryl methyl sites for hydroxylation is 1. The van der Waals surface area contributed by atoms with Gasteiger partial charge >= 0.3 is 0 Å². The molecule has 0 aliphatic carbocycles. The third-order valence-corrected chi connectivity index (χ3v) is 5.96. The molecular formula is C26H36N2O3S. The highest BCUT2D eigenvalue weighted by Gasteiger charge is 2.30. The van der Waals surface area contributed by atoms with Gasteiger partial charge in [0.2, 0.25) is 11.8 Å². The number of methoxy groups -OCH3 is 1. The van der Waals surface area contributed by atoms with E-state index in [1.807, 2.05) is 58.0 Å². The first-order valence-electron chi connectivity index (χ1n) is 11.0. The van der Waals surface area contributed by atoms with E-state index in [4.69, 9.17) is 4.74 Å². The summed E-state index contributed by atoms with van der Waals surface area (Å²) in [6, 6.07) is 15.4. The first-order chi connectivity index (χ1) is 15.1. The number of thioether (sulfide) groups is 1. The lowest BCUT2D eigenvalue weighted by atomic mass is 10.1. The molecule has 0 bridgehead atoms. The van der Waals surface area contributed by atoms with Crippen molar-refractivity contribution in [3.8, 4) is 5.75 Å². The van der Waals surface area contributed by atoms with Crippen molar-refractivity contribution in [1.29, 1.82) is 0 Å². The zero-order valence-electron chi connectivity index (χ0n) is 20.1. The van der Waals surface area contributed by atoms with Crippen LogP contribution in [-0.2, 0) is 21.9 Å². The van der Waals surface area contributed by atoms with Crippen LogP contribution in [-0.4, -0.2) is 41.2 Å². The van der Waals surface area contributed by atoms with E-state index in [9.17, 15) is 9.59 Å². The second-order valence-electron chi connectivity index (χ2n) is 9.01. The van der Waals surface area contributed by atoms with Gasteiger partial charge in [-0.05, 0) is 57.4 Å². The largest absolute Gasteiger partial charge is 0.497 e. The van der Waals surface area contributed by atoms with Crippen molar-refractivity contribution in [3.05, 3.63) is 65.2 Å². The quantitative estimate of drug-likeness (QED) is 0.549. The molecule has 2 aromatic rings. The van der Waals surface area contributed by atoms with Crippen LogP contribution in [0.2, 0.25) is 0 Å². The molecule has 0 radical (unpaired) electrons. The van der Waals surface area contributed by atoms with Gasteiger partial charge in [-0.1, -0.05) is 48.9 Å². The number of nitrogens with one attached hydrogen (secondary N) is 1. The van der Waals surface area contributed by atoms with Gasteiger partial charge in [0, 0.05) is 17.8 Å². The summed E-state index contributed by atoms with van der Waals surface area (Å²) in [5, 5.41) is 3.04. The Kier molecular flexibility index (Phi) is 9.63. The molecule has 1 N–H and O–H groups in total. The maximum Gasteiger partial charge on any atom is 0.243 e. The number of amides is 2. The molecule has 0 fully saturated rings. The highest BCUT2D eigenvalue weighted by atomic mass is 32.2. The van der Waals surface area contributed by atoms with E-state index in [2.05, 4.69) is 30.4 Å². The smallest absolute Gasteiger partial charge is 0.243 e. The Balaban J connectivity index is 2.16. The Morgan fingerprint density at radius 1 is 1.09 bits per heavy atom. The Labute approximate surface area is 196 Å². The average molecular weight is 457 g/mol. The van der Waals surface area contributed by atoms with Gasteiger partial charge in [0.1, 0.15) is 11.8 Å². The Bertz CT molecular complexity index is 891. The van der Waals surface area contributed by atoms with E-state index in [1.165, 1.54) is 11.1 Å². The van der Waals surface area contributed by atoms with Crippen molar-refractivity contribution in [2.45, 2.75) is 64.9 Å². The van der Waals surface area contributed by atoms with Crippen LogP contribution in [0, 0.1) is 6.92 Å². The Morgan fingerprint density at radius 3 is 2.34 bits per heavy atom. The van der Waals surface area contributed by atoms with Crippen molar-refractivity contribution in [3.63, 3.8) is 0 Å². The second-order valence-corrected chi connectivity index (χ2v) is 10.0. The highest BCUT2D eigenvalue weighted by molar-refractivity contribution is 7.99. The van der Waals surface area contributed by atoms with Gasteiger partial charge in [-0.2, -0.15) is 0 Å². The van der Waals surface area contributed by atoms with Crippen LogP contribution in [0.3, 0.4) is 0 Å². The van der Waals surface area contributed by atoms with Crippen LogP contribution in [0.5, 0.6) is 5.75 Å². The number of carbonyl (C=O) groups is 2. The maximum atomic E-state index is 13.3. The standard InChI is InChI=1S/C26H36N2O3S/c1-7-23(25(30)27-26(3,4)5)28(16-20-11-13-22(31-6)14-12-20)24(29)18-32-17-21-10-8-9-19(2)15-21/h8-15,23H,7,16-18H2,1-6H3,(H,27,30). The van der Waals surface area contributed by atoms with Gasteiger partial charge < -0.3 is 15.0 Å². The van der Waals surface area contributed by atoms with Gasteiger partial charge in [-0.15, -0.1) is 11.8 Å². The summed E-state index contributed by atoms with van der Waals surface area (Å²) < 4.78 is 5.24. The molecule has 5 nitrogen and oxygen atoms in total. The van der Waals surface area contributed by atoms with Crippen molar-refractivity contribution >= 4 is 23.6 Å². The van der Waals surface area contributed by atoms with Gasteiger partial charge in [-0.3, -0.25) is 9.59 Å². The summed E-state index contributed by atoms with van der Waals surface area (Å²) in [5.41, 5.74) is 3.01. The third-order valence-electron chi connectivity index (χ3n) is 4.97. The zero-order valence-corrected chi connectivity index (χ0v) is 20.9. The predicted molar refractivity (Wildman–Crippen MR) is 133 cm³/mol. The summed E-state index contributed by atoms with van der Waals surface area (Å²) in [7, 11) is 1.63. The molecule has 2 amide bonds. The van der Waals surface area contributed by atoms with Crippen LogP contribution in [0.15, 0.2) is 48.5 Å². The Morgan fingerprint density at radius 2 is 1.78 bits per heavy atom. The number of hydrogen-bond acceptors (Lipinski definition) is 4. The molecule has 174 valence electrons. The molecule has 0 aliphatic rings. The van der Waals surface area contributed by atoms with Gasteiger partial charge in [-0.25, -0.2) is 0 Å². The molecular weight excluding hydrogens is 420 g/mol. The SMILES string of the molecule is CCC(C(=O)NC(C)(C)C)N(Cc1ccc(OC)cc1)C(=O)CSCc1cccc(C)c1. The molecule has 1 atom stereocenters. The lowest BCUT2D eigenvalue weighted by molar-refractivity contribution is -0.140. The number of benzene rings is 2. The van der Waals surface area contributed by atoms with E-state index in [0.717, 1.165) is 17.1 Å². The minimum absolute atomic E-state index is 0.0330. The maximum absolute atomic E-state index is 13.3. The van der Waals surface area contributed by atoms with Gasteiger partial charge in [0.25, 0.3) is 0 Å². The van der Waals surface area contributed by atoms with Crippen molar-refractivity contribution in [2.75, 3.05) is 12.9 Å². The van der Waals surface area contributed by atoms with Crippen LogP contribution in [0.4, 0.5) is 0 Å². The zero-order chi connectivity index (χ0) is 23.7. The van der Waals surface area contributed by atoms with E-state index in [0.29, 0.717) is 18.7 Å². The fourth-order valence-corrected chi connectivity index (χ4v) is 4.30. The summed E-state index contributed by atoms with van der Waals surface area (Å²) in [5.74, 6) is 1.69. The third kappa shape index (κ3) is 8.23. The Hall–Kier alpha value is -2.47. The number of carbonyl (C=O) groups excluding carboxylic acids is 2. The molecule has 0 aliphatic heterocycles. The molecule has 6 heteroatoms. The number of nitrogens with zero attached hydrogens (tertiary/aromatic N) is 1. The molecule has 0 saturated heterocycles. The van der Waals surface area contributed by atoms with Crippen molar-refractivity contribution in [2.24, 2.45) is 0 Å². The molecule has 0 spiro atoms. The number of ether oxygens (including phenoxy) is 1. The summed E-state index contributed by atoms with van der Waals surface area (Å²) in [6.07, 6.45) is 0.548. The van der Waals surface area contributed by atoms with E-state index >= 15 is 0 Å². The molecule has 0 saturated carbocycles. The fraction of sp³-hybridized carbons (Fsp3) is 0.462. The number of hydrogen-bond donors (Lipinski definition) is 1. The molecule has 0 heterocycles. The lowest BCUT2D eigenvalue weighted by Gasteiger charge is -2.33. The van der Waals surface area contributed by atoms with Crippen molar-refractivity contribution < 1.29 is 14.3 Å². The van der Waals surface area contributed by atoms with E-state index in [1.54, 1.807) is 23.8 Å². The van der Waals surface area contributed by atoms with E-state index in [-0.39, 0.29) is 17.4 Å². The van der Waals surface area contributed by atoms with E-state index < -0.39 is 6.04 Å². The summed E-state index contributed by atoms with van der Waals surface area (Å²) in [4.78, 5) is 28.0. The molecule has 0 aromatic heterocycles. The minimum Gasteiger partial charge on any atom is -0.497 e. The monoisotopic (exact) mass is 456 g/mol. The van der Waals surface area contributed by atoms with Gasteiger partial charge in [0.15, 0.2) is 0 Å². The van der Waals surface area contributed by atoms with Crippen LogP contribution in [0.25, 0.3) is 0 Å². The molecule has 1 unspecified atom stereocenters. The van der Waals surface area contributed by atoms with Crippen molar-refractivity contribution in [1.82, 2.24) is 10.2 Å². The normalized spacial score (nSPS) is 12.2. The fourth-order valence-electron chi connectivity index (χ4n) is 3.44. The molecule has 32 heavy (non-hydrogen) atoms. The van der Waals surface area contributed by atoms with Crippen LogP contribution in [0.1, 0.15) is 50.8 Å². The average Bonchev–Trinajstić information content (AvgIpc) is 2.72. The first-order valence-corrected chi connectivity index (χ1v) is 12.2. The predicted octanol–water partition coefficient (Wildman–Crippen LogP) is 4.96. The lowest BCUT2D eigenvalue weighted by Crippen LogP contribution is -2.53. The first kappa shape index (κ1) is 25.8.